The fourth-order valence-corrected chi connectivity index (χ4v) is 2.17. The molecule has 0 radical (unpaired) electrons. The lowest BCUT2D eigenvalue weighted by molar-refractivity contribution is -0.136. The molecule has 0 spiro atoms. The first-order valence-electron chi connectivity index (χ1n) is 5.57. The minimum atomic E-state index is -4.37. The Morgan fingerprint density at radius 1 is 1.11 bits per heavy atom. The van der Waals surface area contributed by atoms with Gasteiger partial charge in [-0.05, 0) is 31.5 Å². The van der Waals surface area contributed by atoms with Crippen molar-refractivity contribution in [3.63, 3.8) is 0 Å². The van der Waals surface area contributed by atoms with Crippen LogP contribution in [0, 0.1) is 0 Å². The molecular formula is C13H15F3N2. The highest BCUT2D eigenvalue weighted by atomic mass is 19.4. The van der Waals surface area contributed by atoms with Gasteiger partial charge in [0.2, 0.25) is 0 Å². The molecule has 2 aromatic rings. The minimum Gasteiger partial charge on any atom is -0.350 e. The van der Waals surface area contributed by atoms with Crippen LogP contribution in [-0.2, 0) is 18.8 Å². The molecule has 1 aromatic heterocycles. The van der Waals surface area contributed by atoms with Gasteiger partial charge in [-0.3, -0.25) is 0 Å². The molecule has 2 rings (SSSR count). The largest absolute Gasteiger partial charge is 0.417 e. The molecule has 5 heteroatoms. The van der Waals surface area contributed by atoms with E-state index in [-0.39, 0.29) is 5.39 Å². The predicted molar refractivity (Wildman–Crippen MR) is 65.1 cm³/mol. The molecule has 0 saturated carbocycles. The normalized spacial score (nSPS) is 13.3. The maximum absolute atomic E-state index is 13.0. The summed E-state index contributed by atoms with van der Waals surface area (Å²) < 4.78 is 40.8. The first kappa shape index (κ1) is 13.0. The van der Waals surface area contributed by atoms with E-state index in [0.29, 0.717) is 11.1 Å². The SMILES string of the molecule is Cn1cc(C(C)(C)N)c2c(C(F)(F)F)cccc21. The van der Waals surface area contributed by atoms with Crippen LogP contribution in [-0.4, -0.2) is 4.57 Å². The van der Waals surface area contributed by atoms with Gasteiger partial charge in [-0.15, -0.1) is 0 Å². The quantitative estimate of drug-likeness (QED) is 0.833. The summed E-state index contributed by atoms with van der Waals surface area (Å²) >= 11 is 0. The Morgan fingerprint density at radius 3 is 2.22 bits per heavy atom. The van der Waals surface area contributed by atoms with Crippen LogP contribution in [0.1, 0.15) is 25.0 Å². The van der Waals surface area contributed by atoms with Crippen LogP contribution >= 0.6 is 0 Å². The summed E-state index contributed by atoms with van der Waals surface area (Å²) in [6.07, 6.45) is -2.71. The molecule has 0 aliphatic heterocycles. The Balaban J connectivity index is 2.90. The van der Waals surface area contributed by atoms with E-state index in [2.05, 4.69) is 0 Å². The number of benzene rings is 1. The lowest BCUT2D eigenvalue weighted by atomic mass is 9.93. The van der Waals surface area contributed by atoms with Crippen molar-refractivity contribution in [3.05, 3.63) is 35.5 Å². The maximum atomic E-state index is 13.0. The van der Waals surface area contributed by atoms with E-state index in [4.69, 9.17) is 5.73 Å². The molecule has 1 heterocycles. The van der Waals surface area contributed by atoms with E-state index in [1.54, 1.807) is 37.7 Å². The van der Waals surface area contributed by atoms with E-state index >= 15 is 0 Å². The Labute approximate surface area is 103 Å². The third kappa shape index (κ3) is 1.99. The van der Waals surface area contributed by atoms with Gasteiger partial charge in [-0.1, -0.05) is 6.07 Å². The van der Waals surface area contributed by atoms with Gasteiger partial charge in [0, 0.05) is 29.7 Å². The number of alkyl halides is 3. The number of hydrogen-bond donors (Lipinski definition) is 1. The number of fused-ring (bicyclic) bond motifs is 1. The van der Waals surface area contributed by atoms with Gasteiger partial charge >= 0.3 is 6.18 Å². The minimum absolute atomic E-state index is 0.194. The number of rotatable bonds is 1. The molecule has 0 aliphatic rings. The summed E-state index contributed by atoms with van der Waals surface area (Å²) in [6.45, 7) is 3.41. The van der Waals surface area contributed by atoms with Crippen molar-refractivity contribution in [1.29, 1.82) is 0 Å². The molecule has 98 valence electrons. The first-order chi connectivity index (χ1) is 8.12. The zero-order chi connectivity index (χ0) is 13.7. The Hall–Kier alpha value is -1.49. The summed E-state index contributed by atoms with van der Waals surface area (Å²) in [5, 5.41) is 0.194. The lowest BCUT2D eigenvalue weighted by Gasteiger charge is -2.19. The van der Waals surface area contributed by atoms with Crippen molar-refractivity contribution in [3.8, 4) is 0 Å². The smallest absolute Gasteiger partial charge is 0.350 e. The van der Waals surface area contributed by atoms with Crippen molar-refractivity contribution in [2.24, 2.45) is 12.8 Å². The van der Waals surface area contributed by atoms with Crippen molar-refractivity contribution >= 4 is 10.9 Å². The fourth-order valence-electron chi connectivity index (χ4n) is 2.17. The zero-order valence-electron chi connectivity index (χ0n) is 10.5. The molecule has 0 atom stereocenters. The topological polar surface area (TPSA) is 30.9 Å². The fraction of sp³-hybridized carbons (Fsp3) is 0.385. The molecule has 18 heavy (non-hydrogen) atoms. The summed E-state index contributed by atoms with van der Waals surface area (Å²) in [4.78, 5) is 0. The van der Waals surface area contributed by atoms with Crippen LogP contribution in [0.2, 0.25) is 0 Å². The number of nitrogens with zero attached hydrogens (tertiary/aromatic N) is 1. The van der Waals surface area contributed by atoms with E-state index < -0.39 is 17.3 Å². The van der Waals surface area contributed by atoms with Crippen molar-refractivity contribution in [2.45, 2.75) is 25.6 Å². The molecule has 0 amide bonds. The monoisotopic (exact) mass is 256 g/mol. The van der Waals surface area contributed by atoms with Crippen LogP contribution in [0.5, 0.6) is 0 Å². The number of aromatic nitrogens is 1. The van der Waals surface area contributed by atoms with E-state index in [9.17, 15) is 13.2 Å². The molecule has 0 fully saturated rings. The second-order valence-electron chi connectivity index (χ2n) is 5.07. The van der Waals surface area contributed by atoms with Crippen molar-refractivity contribution in [1.82, 2.24) is 4.57 Å². The predicted octanol–water partition coefficient (Wildman–Crippen LogP) is 3.39. The number of nitrogens with two attached hydrogens (primary N) is 1. The number of hydrogen-bond acceptors (Lipinski definition) is 1. The molecule has 2 N–H and O–H groups in total. The molecule has 1 aromatic carbocycles. The molecule has 0 bridgehead atoms. The van der Waals surface area contributed by atoms with Gasteiger partial charge in [0.15, 0.2) is 0 Å². The summed E-state index contributed by atoms with van der Waals surface area (Å²) in [5.41, 5.74) is 5.57. The van der Waals surface area contributed by atoms with Gasteiger partial charge < -0.3 is 10.3 Å². The van der Waals surface area contributed by atoms with E-state index in [1.807, 2.05) is 0 Å². The number of halogens is 3. The Kier molecular flexibility index (Phi) is 2.70. The molecule has 0 unspecified atom stereocenters. The Bertz CT molecular complexity index is 589. The average molecular weight is 256 g/mol. The van der Waals surface area contributed by atoms with Crippen LogP contribution in [0.4, 0.5) is 13.2 Å². The molecular weight excluding hydrogens is 241 g/mol. The van der Waals surface area contributed by atoms with Crippen molar-refractivity contribution in [2.75, 3.05) is 0 Å². The molecule has 0 aliphatic carbocycles. The van der Waals surface area contributed by atoms with Crippen LogP contribution in [0.15, 0.2) is 24.4 Å². The van der Waals surface area contributed by atoms with E-state index in [0.717, 1.165) is 6.07 Å². The van der Waals surface area contributed by atoms with Crippen molar-refractivity contribution < 1.29 is 13.2 Å². The van der Waals surface area contributed by atoms with Crippen LogP contribution in [0.25, 0.3) is 10.9 Å². The average Bonchev–Trinajstić information content (AvgIpc) is 2.54. The summed E-state index contributed by atoms with van der Waals surface area (Å²) in [7, 11) is 1.72. The third-order valence-electron chi connectivity index (χ3n) is 3.01. The molecule has 0 saturated heterocycles. The van der Waals surface area contributed by atoms with Gasteiger partial charge in [0.1, 0.15) is 0 Å². The lowest BCUT2D eigenvalue weighted by Crippen LogP contribution is -2.28. The van der Waals surface area contributed by atoms with Gasteiger partial charge in [0.05, 0.1) is 5.56 Å². The standard InChI is InChI=1S/C13H15F3N2/c1-12(2,17)9-7-18(3)10-6-4-5-8(11(9)10)13(14,15)16/h4-7H,17H2,1-3H3. The maximum Gasteiger partial charge on any atom is 0.417 e. The van der Waals surface area contributed by atoms with E-state index in [1.165, 1.54) is 6.07 Å². The summed E-state index contributed by atoms with van der Waals surface area (Å²) in [6, 6.07) is 4.18. The number of aryl methyl sites for hydroxylation is 1. The van der Waals surface area contributed by atoms with Gasteiger partial charge in [-0.2, -0.15) is 13.2 Å². The Morgan fingerprint density at radius 2 is 1.72 bits per heavy atom. The summed E-state index contributed by atoms with van der Waals surface area (Å²) in [5.74, 6) is 0. The zero-order valence-corrected chi connectivity index (χ0v) is 10.5. The highest BCUT2D eigenvalue weighted by Crippen LogP contribution is 2.39. The second kappa shape index (κ2) is 3.75. The third-order valence-corrected chi connectivity index (χ3v) is 3.01. The van der Waals surface area contributed by atoms with Crippen LogP contribution < -0.4 is 5.73 Å². The first-order valence-corrected chi connectivity index (χ1v) is 5.57. The highest BCUT2D eigenvalue weighted by molar-refractivity contribution is 5.88. The second-order valence-corrected chi connectivity index (χ2v) is 5.07. The van der Waals surface area contributed by atoms with Crippen LogP contribution in [0.3, 0.4) is 0 Å². The highest BCUT2D eigenvalue weighted by Gasteiger charge is 2.35. The van der Waals surface area contributed by atoms with Gasteiger partial charge in [-0.25, -0.2) is 0 Å². The van der Waals surface area contributed by atoms with Gasteiger partial charge in [0.25, 0.3) is 0 Å². The molecule has 2 nitrogen and oxygen atoms in total.